The molecular formula is C8H7BF4KN3O2S. The molecule has 0 aromatic heterocycles. The summed E-state index contributed by atoms with van der Waals surface area (Å²) in [6, 6.07) is 1.51. The molecule has 0 aliphatic rings. The number of benzene rings is 1. The summed E-state index contributed by atoms with van der Waals surface area (Å²) in [5, 5.41) is 2.99. The molecule has 1 rings (SSSR count). The average Bonchev–Trinajstić information content (AvgIpc) is 2.19. The van der Waals surface area contributed by atoms with E-state index in [9.17, 15) is 25.3 Å². The molecule has 1 aromatic rings. The van der Waals surface area contributed by atoms with Gasteiger partial charge in [-0.1, -0.05) is 16.7 Å². The molecule has 0 amide bonds. The fourth-order valence-corrected chi connectivity index (χ4v) is 2.24. The molecule has 0 fully saturated rings. The molecule has 0 atom stereocenters. The molecular weight excluding hydrogens is 328 g/mol. The molecule has 20 heavy (non-hydrogen) atoms. The molecule has 1 aromatic carbocycles. The van der Waals surface area contributed by atoms with Gasteiger partial charge in [-0.25, -0.2) is 0 Å². The summed E-state index contributed by atoms with van der Waals surface area (Å²) >= 11 is 0. The Morgan fingerprint density at radius 2 is 1.90 bits per heavy atom. The summed E-state index contributed by atoms with van der Waals surface area (Å²) in [6.45, 7) is -4.40. The summed E-state index contributed by atoms with van der Waals surface area (Å²) in [6.07, 6.45) is 0. The van der Waals surface area contributed by atoms with Crippen LogP contribution in [-0.2, 0) is 16.0 Å². The molecule has 0 bridgehead atoms. The molecule has 0 N–H and O–H groups in total. The Bertz CT molecular complexity index is 658. The van der Waals surface area contributed by atoms with E-state index in [4.69, 9.17) is 5.53 Å². The number of azide groups is 1. The van der Waals surface area contributed by atoms with Crippen LogP contribution in [0.25, 0.3) is 10.4 Å². The minimum absolute atomic E-state index is 0. The third-order valence-electron chi connectivity index (χ3n) is 2.38. The van der Waals surface area contributed by atoms with Crippen LogP contribution in [-0.4, -0.2) is 15.4 Å². The first-order valence-corrected chi connectivity index (χ1v) is 6.40. The van der Waals surface area contributed by atoms with Crippen molar-refractivity contribution in [3.63, 3.8) is 0 Å². The minimum atomic E-state index is -5.43. The zero-order valence-electron chi connectivity index (χ0n) is 10.5. The Labute approximate surface area is 155 Å². The van der Waals surface area contributed by atoms with E-state index in [0.29, 0.717) is 6.07 Å². The van der Waals surface area contributed by atoms with Gasteiger partial charge in [-0.15, -0.1) is 9.35 Å². The van der Waals surface area contributed by atoms with Crippen LogP contribution >= 0.6 is 0 Å². The van der Waals surface area contributed by atoms with Gasteiger partial charge in [0, 0.05) is 10.6 Å². The maximum Gasteiger partial charge on any atom is 1.00 e. The van der Waals surface area contributed by atoms with E-state index in [1.807, 2.05) is 0 Å². The third kappa shape index (κ3) is 5.72. The Balaban J connectivity index is 0.00000361. The Morgan fingerprint density at radius 3 is 2.30 bits per heavy atom. The molecule has 0 radical (unpaired) electrons. The van der Waals surface area contributed by atoms with E-state index in [1.165, 1.54) is 0 Å². The summed E-state index contributed by atoms with van der Waals surface area (Å²) in [4.78, 5) is 2.32. The second kappa shape index (κ2) is 7.25. The van der Waals surface area contributed by atoms with Crippen LogP contribution in [0.2, 0.25) is 0 Å². The predicted octanol–water partition coefficient (Wildman–Crippen LogP) is -0.205. The van der Waals surface area contributed by atoms with Crippen LogP contribution in [0, 0.1) is 6.92 Å². The molecule has 0 saturated heterocycles. The number of nitrogens with zero attached hydrogens (tertiary/aromatic N) is 3. The van der Waals surface area contributed by atoms with Crippen molar-refractivity contribution in [2.75, 3.05) is 0 Å². The Hall–Kier alpha value is -0.0987. The van der Waals surface area contributed by atoms with Crippen LogP contribution in [0.5, 0.6) is 0 Å². The van der Waals surface area contributed by atoms with Crippen LogP contribution in [0.3, 0.4) is 0 Å². The van der Waals surface area contributed by atoms with Crippen molar-refractivity contribution in [1.82, 2.24) is 0 Å². The van der Waals surface area contributed by atoms with Crippen LogP contribution in [0.4, 0.5) is 22.5 Å². The van der Waals surface area contributed by atoms with Gasteiger partial charge in [0.1, 0.15) is 5.75 Å². The average molecular weight is 335 g/mol. The first kappa shape index (κ1) is 19.9. The second-order valence-electron chi connectivity index (χ2n) is 3.77. The van der Waals surface area contributed by atoms with Crippen LogP contribution in [0.15, 0.2) is 17.2 Å². The summed E-state index contributed by atoms with van der Waals surface area (Å²) in [5.74, 6) is -1.20. The van der Waals surface area contributed by atoms with E-state index >= 15 is 0 Å². The molecule has 0 saturated carbocycles. The van der Waals surface area contributed by atoms with Gasteiger partial charge in [-0.2, -0.15) is 8.42 Å². The van der Waals surface area contributed by atoms with Crippen molar-refractivity contribution in [2.24, 2.45) is 5.11 Å². The summed E-state index contributed by atoms with van der Waals surface area (Å²) < 4.78 is 72.0. The largest absolute Gasteiger partial charge is 1.00 e. The van der Waals surface area contributed by atoms with Crippen molar-refractivity contribution >= 4 is 28.4 Å². The van der Waals surface area contributed by atoms with Crippen molar-refractivity contribution < 1.29 is 76.6 Å². The molecule has 0 heterocycles. The van der Waals surface area contributed by atoms with Gasteiger partial charge < -0.3 is 12.9 Å². The van der Waals surface area contributed by atoms with Crippen molar-refractivity contribution in [3.05, 3.63) is 33.7 Å². The zero-order valence-corrected chi connectivity index (χ0v) is 14.5. The van der Waals surface area contributed by atoms with Crippen molar-refractivity contribution in [2.45, 2.75) is 12.7 Å². The fourth-order valence-electron chi connectivity index (χ4n) is 1.57. The van der Waals surface area contributed by atoms with E-state index < -0.39 is 39.7 Å². The number of hydrogen-bond donors (Lipinski definition) is 0. The van der Waals surface area contributed by atoms with Gasteiger partial charge in [-0.3, -0.25) is 0 Å². The Morgan fingerprint density at radius 1 is 1.35 bits per heavy atom. The monoisotopic (exact) mass is 335 g/mol. The van der Waals surface area contributed by atoms with Crippen LogP contribution < -0.4 is 56.8 Å². The van der Waals surface area contributed by atoms with Gasteiger partial charge in [0.2, 0.25) is 0 Å². The molecule has 0 spiro atoms. The maximum atomic E-state index is 12.8. The topological polar surface area (TPSA) is 82.9 Å². The van der Waals surface area contributed by atoms with Crippen molar-refractivity contribution in [3.8, 4) is 0 Å². The van der Waals surface area contributed by atoms with E-state index in [0.717, 1.165) is 13.0 Å². The first-order valence-electron chi connectivity index (χ1n) is 4.85. The maximum absolute atomic E-state index is 12.8. The molecule has 0 aliphatic heterocycles. The van der Waals surface area contributed by atoms with Gasteiger partial charge in [0.25, 0.3) is 0 Å². The van der Waals surface area contributed by atoms with Gasteiger partial charge in [-0.05, 0) is 24.1 Å². The number of rotatable bonds is 4. The summed E-state index contributed by atoms with van der Waals surface area (Å²) in [5.41, 5.74) is 5.89. The molecule has 12 heteroatoms. The van der Waals surface area contributed by atoms with Gasteiger partial charge in [0.15, 0.2) is 0 Å². The number of hydrogen-bond acceptors (Lipinski definition) is 3. The molecule has 5 nitrogen and oxygen atoms in total. The Kier molecular flexibility index (Phi) is 7.22. The zero-order chi connectivity index (χ0) is 14.8. The smallest absolute Gasteiger partial charge is 0.445 e. The third-order valence-corrected chi connectivity index (χ3v) is 3.04. The summed E-state index contributed by atoms with van der Waals surface area (Å²) in [7, 11) is -4.99. The standard InChI is InChI=1S/C8H7BF4N3O2S.K/c1-5-6(4-19(13,17)18)2-7(15-16-14)3-8(5)9(10,11)12;/h2-3H,4H2,1H3;/q-1;+1. The van der Waals surface area contributed by atoms with Gasteiger partial charge in [0.05, 0.1) is 0 Å². The quantitative estimate of drug-likeness (QED) is 0.191. The van der Waals surface area contributed by atoms with Crippen molar-refractivity contribution in [1.29, 1.82) is 0 Å². The molecule has 0 aliphatic carbocycles. The molecule has 104 valence electrons. The SMILES string of the molecule is Cc1c(CS(=O)(=O)F)cc(N=[N+]=[N-])cc1[B-](F)(F)F.[K+]. The predicted molar refractivity (Wildman–Crippen MR) is 62.4 cm³/mol. The van der Waals surface area contributed by atoms with E-state index in [-0.39, 0.29) is 56.9 Å². The normalized spacial score (nSPS) is 11.4. The first-order chi connectivity index (χ1) is 8.54. The van der Waals surface area contributed by atoms with E-state index in [2.05, 4.69) is 10.0 Å². The van der Waals surface area contributed by atoms with Gasteiger partial charge >= 0.3 is 68.6 Å². The van der Waals surface area contributed by atoms with Crippen LogP contribution in [0.1, 0.15) is 11.1 Å². The van der Waals surface area contributed by atoms with E-state index in [1.54, 1.807) is 0 Å². The second-order valence-corrected chi connectivity index (χ2v) is 5.13. The minimum Gasteiger partial charge on any atom is -0.445 e. The number of halogens is 4. The fraction of sp³-hybridized carbons (Fsp3) is 0.250. The molecule has 0 unspecified atom stereocenters.